The van der Waals surface area contributed by atoms with E-state index in [1.54, 1.807) is 0 Å². The minimum atomic E-state index is 0.967. The van der Waals surface area contributed by atoms with Crippen molar-refractivity contribution in [3.8, 4) is 33.5 Å². The van der Waals surface area contributed by atoms with E-state index in [0.717, 1.165) is 16.9 Å². The van der Waals surface area contributed by atoms with E-state index in [-0.39, 0.29) is 0 Å². The lowest BCUT2D eigenvalue weighted by Crippen LogP contribution is -2.11. The van der Waals surface area contributed by atoms with Gasteiger partial charge in [0.2, 0.25) is 0 Å². The van der Waals surface area contributed by atoms with Crippen molar-refractivity contribution in [3.63, 3.8) is 0 Å². The van der Waals surface area contributed by atoms with Gasteiger partial charge in [0.25, 0.3) is 0 Å². The van der Waals surface area contributed by atoms with Crippen LogP contribution in [-0.4, -0.2) is 4.98 Å². The van der Waals surface area contributed by atoms with E-state index in [0.29, 0.717) is 0 Å². The van der Waals surface area contributed by atoms with E-state index in [1.807, 2.05) is 12.3 Å². The Morgan fingerprint density at radius 3 is 1.61 bits per heavy atom. The Balaban J connectivity index is 1.64. The summed E-state index contributed by atoms with van der Waals surface area (Å²) in [5, 5.41) is 0. The largest absolute Gasteiger partial charge is 0.309 e. The molecule has 0 unspecified atom stereocenters. The number of hydrogen-bond donors (Lipinski definition) is 0. The first-order chi connectivity index (χ1) is 15.4. The molecule has 0 saturated heterocycles. The van der Waals surface area contributed by atoms with E-state index in [2.05, 4.69) is 119 Å². The van der Waals surface area contributed by atoms with E-state index < -0.39 is 0 Å². The summed E-state index contributed by atoms with van der Waals surface area (Å²) in [6, 6.07) is 40.6. The van der Waals surface area contributed by atoms with Crippen LogP contribution < -0.4 is 4.90 Å². The number of aromatic nitrogens is 1. The fraction of sp³-hybridized carbons (Fsp3) is 0. The Morgan fingerprint density at radius 1 is 0.484 bits per heavy atom. The molecule has 0 spiro atoms. The van der Waals surface area contributed by atoms with Crippen LogP contribution in [0, 0.1) is 0 Å². The van der Waals surface area contributed by atoms with Crippen molar-refractivity contribution in [3.05, 3.63) is 121 Å². The lowest BCUT2D eigenvalue weighted by atomic mass is 9.95. The third-order valence-corrected chi connectivity index (χ3v) is 5.87. The second-order valence-corrected chi connectivity index (χ2v) is 7.68. The Bertz CT molecular complexity index is 1320. The number of anilines is 3. The van der Waals surface area contributed by atoms with Crippen molar-refractivity contribution in [2.75, 3.05) is 4.90 Å². The van der Waals surface area contributed by atoms with Crippen LogP contribution in [0.4, 0.5) is 17.1 Å². The number of nitrogens with zero attached hydrogens (tertiary/aromatic N) is 2. The van der Waals surface area contributed by atoms with Crippen molar-refractivity contribution >= 4 is 17.1 Å². The van der Waals surface area contributed by atoms with Gasteiger partial charge in [-0.25, -0.2) is 0 Å². The number of pyridine rings is 1. The van der Waals surface area contributed by atoms with Crippen molar-refractivity contribution in [1.82, 2.24) is 4.98 Å². The highest BCUT2D eigenvalue weighted by atomic mass is 15.2. The zero-order chi connectivity index (χ0) is 20.6. The molecule has 0 aliphatic carbocycles. The fourth-order valence-electron chi connectivity index (χ4n) is 4.48. The summed E-state index contributed by atoms with van der Waals surface area (Å²) in [7, 11) is 0. The minimum Gasteiger partial charge on any atom is -0.309 e. The summed E-state index contributed by atoms with van der Waals surface area (Å²) >= 11 is 0. The van der Waals surface area contributed by atoms with Crippen molar-refractivity contribution in [1.29, 1.82) is 0 Å². The maximum atomic E-state index is 4.65. The van der Waals surface area contributed by atoms with Crippen LogP contribution in [0.15, 0.2) is 121 Å². The molecule has 5 aromatic rings. The number of benzene rings is 4. The van der Waals surface area contributed by atoms with Crippen LogP contribution in [0.5, 0.6) is 0 Å². The second kappa shape index (κ2) is 7.26. The van der Waals surface area contributed by atoms with Gasteiger partial charge in [0.05, 0.1) is 17.1 Å². The molecular formula is C29H20N2. The summed E-state index contributed by atoms with van der Waals surface area (Å²) in [5.41, 5.74) is 10.5. The summed E-state index contributed by atoms with van der Waals surface area (Å²) in [6.45, 7) is 0. The number of rotatable bonds is 2. The van der Waals surface area contributed by atoms with E-state index in [4.69, 9.17) is 0 Å². The standard InChI is InChI=1S/C29H20N2/c1-2-10-21(11-3-1)27-20-22(18-19-30-27)31-28-16-8-6-14-25(28)23-12-4-5-13-24(23)26-15-7-9-17-29(26)31/h1-20H. The number of fused-ring (bicyclic) bond motifs is 5. The summed E-state index contributed by atoms with van der Waals surface area (Å²) in [6.07, 6.45) is 1.90. The van der Waals surface area contributed by atoms with Gasteiger partial charge in [-0.05, 0) is 35.4 Å². The Morgan fingerprint density at radius 2 is 1.00 bits per heavy atom. The molecule has 6 rings (SSSR count). The molecule has 0 radical (unpaired) electrons. The zero-order valence-electron chi connectivity index (χ0n) is 16.9. The third-order valence-electron chi connectivity index (χ3n) is 5.87. The van der Waals surface area contributed by atoms with Crippen LogP contribution in [0.1, 0.15) is 0 Å². The van der Waals surface area contributed by atoms with Crippen molar-refractivity contribution < 1.29 is 0 Å². The van der Waals surface area contributed by atoms with Gasteiger partial charge >= 0.3 is 0 Å². The van der Waals surface area contributed by atoms with Crippen LogP contribution in [0.25, 0.3) is 33.5 Å². The molecule has 0 fully saturated rings. The first-order valence-electron chi connectivity index (χ1n) is 10.5. The highest BCUT2D eigenvalue weighted by Crippen LogP contribution is 2.50. The fourth-order valence-corrected chi connectivity index (χ4v) is 4.48. The SMILES string of the molecule is c1ccc(-c2cc(N3c4ccccc4-c4ccccc4-c4ccccc43)ccn2)cc1. The third kappa shape index (κ3) is 2.92. The molecule has 2 nitrogen and oxygen atoms in total. The molecule has 0 atom stereocenters. The molecular weight excluding hydrogens is 376 g/mol. The Kier molecular flexibility index (Phi) is 4.14. The molecule has 2 heteroatoms. The molecule has 1 aromatic heterocycles. The van der Waals surface area contributed by atoms with Gasteiger partial charge in [-0.15, -0.1) is 0 Å². The molecule has 31 heavy (non-hydrogen) atoms. The summed E-state index contributed by atoms with van der Waals surface area (Å²) < 4.78 is 0. The van der Waals surface area contributed by atoms with Crippen LogP contribution >= 0.6 is 0 Å². The Labute approximate surface area is 182 Å². The maximum absolute atomic E-state index is 4.65. The number of hydrogen-bond acceptors (Lipinski definition) is 2. The second-order valence-electron chi connectivity index (χ2n) is 7.68. The molecule has 1 aliphatic heterocycles. The predicted octanol–water partition coefficient (Wildman–Crippen LogP) is 7.87. The monoisotopic (exact) mass is 396 g/mol. The van der Waals surface area contributed by atoms with Crippen LogP contribution in [-0.2, 0) is 0 Å². The quantitative estimate of drug-likeness (QED) is 0.296. The normalized spacial score (nSPS) is 11.8. The molecule has 2 heterocycles. The van der Waals surface area contributed by atoms with Gasteiger partial charge in [0.1, 0.15) is 0 Å². The maximum Gasteiger partial charge on any atom is 0.0722 e. The zero-order valence-corrected chi connectivity index (χ0v) is 16.9. The predicted molar refractivity (Wildman–Crippen MR) is 129 cm³/mol. The lowest BCUT2D eigenvalue weighted by molar-refractivity contribution is 1.25. The molecule has 1 aliphatic rings. The summed E-state index contributed by atoms with van der Waals surface area (Å²) in [5.74, 6) is 0. The minimum absolute atomic E-state index is 0.967. The molecule has 0 bridgehead atoms. The van der Waals surface area contributed by atoms with Gasteiger partial charge in [0, 0.05) is 28.6 Å². The van der Waals surface area contributed by atoms with Crippen LogP contribution in [0.3, 0.4) is 0 Å². The topological polar surface area (TPSA) is 16.1 Å². The average molecular weight is 396 g/mol. The smallest absolute Gasteiger partial charge is 0.0722 e. The molecule has 0 saturated carbocycles. The van der Waals surface area contributed by atoms with Gasteiger partial charge in [0.15, 0.2) is 0 Å². The molecule has 0 N–H and O–H groups in total. The average Bonchev–Trinajstić information content (AvgIpc) is 2.98. The summed E-state index contributed by atoms with van der Waals surface area (Å²) in [4.78, 5) is 7.01. The van der Waals surface area contributed by atoms with Gasteiger partial charge in [-0.1, -0.05) is 91.0 Å². The number of para-hydroxylation sites is 2. The first kappa shape index (κ1) is 17.7. The van der Waals surface area contributed by atoms with E-state index >= 15 is 0 Å². The molecule has 0 amide bonds. The van der Waals surface area contributed by atoms with Gasteiger partial charge < -0.3 is 4.90 Å². The lowest BCUT2D eigenvalue weighted by Gasteiger charge is -2.27. The van der Waals surface area contributed by atoms with Gasteiger partial charge in [-0.3, -0.25) is 4.98 Å². The highest BCUT2D eigenvalue weighted by Gasteiger charge is 2.25. The van der Waals surface area contributed by atoms with Gasteiger partial charge in [-0.2, -0.15) is 0 Å². The van der Waals surface area contributed by atoms with Crippen LogP contribution in [0.2, 0.25) is 0 Å². The van der Waals surface area contributed by atoms with E-state index in [9.17, 15) is 0 Å². The molecule has 4 aromatic carbocycles. The van der Waals surface area contributed by atoms with Crippen molar-refractivity contribution in [2.45, 2.75) is 0 Å². The highest BCUT2D eigenvalue weighted by molar-refractivity contribution is 6.02. The first-order valence-corrected chi connectivity index (χ1v) is 10.5. The van der Waals surface area contributed by atoms with E-state index in [1.165, 1.54) is 33.6 Å². The Hall–Kier alpha value is -4.17. The molecule has 146 valence electrons. The van der Waals surface area contributed by atoms with Crippen molar-refractivity contribution in [2.24, 2.45) is 0 Å².